The number of carbonyl (C=O) groups excluding carboxylic acids is 1. The van der Waals surface area contributed by atoms with Crippen LogP contribution in [0.5, 0.6) is 0 Å². The Morgan fingerprint density at radius 1 is 1.24 bits per heavy atom. The lowest BCUT2D eigenvalue weighted by Crippen LogP contribution is -2.51. The van der Waals surface area contributed by atoms with Gasteiger partial charge in [-0.25, -0.2) is 0 Å². The third-order valence-electron chi connectivity index (χ3n) is 5.28. The van der Waals surface area contributed by atoms with Gasteiger partial charge in [-0.1, -0.05) is 6.42 Å². The lowest BCUT2D eigenvalue weighted by atomic mass is 9.94. The van der Waals surface area contributed by atoms with Crippen LogP contribution in [-0.2, 0) is 4.79 Å². The summed E-state index contributed by atoms with van der Waals surface area (Å²) in [6.07, 6.45) is 6.55. The van der Waals surface area contributed by atoms with Crippen molar-refractivity contribution in [3.8, 4) is 0 Å². The summed E-state index contributed by atoms with van der Waals surface area (Å²) in [5.74, 6) is 2.90. The summed E-state index contributed by atoms with van der Waals surface area (Å²) in [5.41, 5.74) is 0. The number of thioether (sulfide) groups is 1. The van der Waals surface area contributed by atoms with Crippen LogP contribution in [0.15, 0.2) is 0 Å². The maximum absolute atomic E-state index is 12.5. The Kier molecular flexibility index (Phi) is 5.46. The molecule has 0 aromatic carbocycles. The van der Waals surface area contributed by atoms with Gasteiger partial charge in [-0.15, -0.1) is 11.8 Å². The first-order chi connectivity index (χ1) is 10.2. The molecule has 120 valence electrons. The fraction of sp³-hybridized carbons (Fsp3) is 0.938. The summed E-state index contributed by atoms with van der Waals surface area (Å²) in [4.78, 5) is 17.3. The van der Waals surface area contributed by atoms with E-state index in [0.717, 1.165) is 30.8 Å². The molecule has 3 aliphatic rings. The summed E-state index contributed by atoms with van der Waals surface area (Å²) in [6.45, 7) is 6.76. The van der Waals surface area contributed by atoms with Crippen molar-refractivity contribution in [1.29, 1.82) is 0 Å². The van der Waals surface area contributed by atoms with Gasteiger partial charge in [0.2, 0.25) is 5.91 Å². The lowest BCUT2D eigenvalue weighted by molar-refractivity contribution is -0.134. The quantitative estimate of drug-likeness (QED) is 0.861. The van der Waals surface area contributed by atoms with Gasteiger partial charge in [0, 0.05) is 37.3 Å². The minimum Gasteiger partial charge on any atom is -0.341 e. The topological polar surface area (TPSA) is 35.6 Å². The maximum atomic E-state index is 12.5. The Labute approximate surface area is 133 Å². The van der Waals surface area contributed by atoms with Gasteiger partial charge < -0.3 is 9.80 Å². The van der Waals surface area contributed by atoms with Crippen molar-refractivity contribution in [3.05, 3.63) is 0 Å². The van der Waals surface area contributed by atoms with E-state index >= 15 is 0 Å². The van der Waals surface area contributed by atoms with Gasteiger partial charge in [-0.05, 0) is 45.1 Å². The minimum atomic E-state index is 0.0719. The zero-order valence-corrected chi connectivity index (χ0v) is 14.0. The standard InChI is InChI=1S/C16H29N3OS/c1-13-5-2-3-7-18(13)9-14-6-4-8-19(10-14)16(20)15-11-21-12-17-15/h13-15,17H,2-12H2,1H3/t13-,14+,15-/m1/s1. The molecule has 0 spiro atoms. The van der Waals surface area contributed by atoms with Gasteiger partial charge in [0.25, 0.3) is 0 Å². The van der Waals surface area contributed by atoms with Gasteiger partial charge >= 0.3 is 0 Å². The third kappa shape index (κ3) is 3.93. The van der Waals surface area contributed by atoms with Crippen LogP contribution < -0.4 is 5.32 Å². The van der Waals surface area contributed by atoms with Gasteiger partial charge in [0.05, 0.1) is 6.04 Å². The van der Waals surface area contributed by atoms with Crippen LogP contribution in [0.4, 0.5) is 0 Å². The lowest BCUT2D eigenvalue weighted by Gasteiger charge is -2.40. The average molecular weight is 311 g/mol. The Morgan fingerprint density at radius 3 is 2.90 bits per heavy atom. The first-order valence-electron chi connectivity index (χ1n) is 8.58. The van der Waals surface area contributed by atoms with E-state index in [4.69, 9.17) is 0 Å². The van der Waals surface area contributed by atoms with E-state index in [2.05, 4.69) is 22.0 Å². The number of nitrogens with one attached hydrogen (secondary N) is 1. The van der Waals surface area contributed by atoms with Gasteiger partial charge in [0.1, 0.15) is 0 Å². The molecule has 3 aliphatic heterocycles. The van der Waals surface area contributed by atoms with Crippen molar-refractivity contribution >= 4 is 17.7 Å². The van der Waals surface area contributed by atoms with Gasteiger partial charge in [0.15, 0.2) is 0 Å². The molecule has 0 saturated carbocycles. The van der Waals surface area contributed by atoms with E-state index in [1.54, 1.807) is 0 Å². The van der Waals surface area contributed by atoms with E-state index in [1.165, 1.54) is 45.2 Å². The van der Waals surface area contributed by atoms with Crippen molar-refractivity contribution in [2.45, 2.75) is 51.1 Å². The van der Waals surface area contributed by atoms with Crippen molar-refractivity contribution < 1.29 is 4.79 Å². The van der Waals surface area contributed by atoms with Crippen LogP contribution >= 0.6 is 11.8 Å². The molecule has 3 saturated heterocycles. The molecule has 3 fully saturated rings. The molecule has 0 unspecified atom stereocenters. The average Bonchev–Trinajstić information content (AvgIpc) is 3.03. The van der Waals surface area contributed by atoms with Gasteiger partial charge in [-0.3, -0.25) is 10.1 Å². The number of rotatable bonds is 3. The van der Waals surface area contributed by atoms with E-state index in [-0.39, 0.29) is 6.04 Å². The molecule has 1 amide bonds. The number of piperidine rings is 2. The van der Waals surface area contributed by atoms with Crippen LogP contribution in [0.3, 0.4) is 0 Å². The normalized spacial score (nSPS) is 35.1. The molecule has 3 atom stereocenters. The van der Waals surface area contributed by atoms with Crippen molar-refractivity contribution in [3.63, 3.8) is 0 Å². The second-order valence-corrected chi connectivity index (χ2v) is 7.93. The molecule has 3 heterocycles. The van der Waals surface area contributed by atoms with Crippen LogP contribution in [0, 0.1) is 5.92 Å². The monoisotopic (exact) mass is 311 g/mol. The molecule has 4 nitrogen and oxygen atoms in total. The van der Waals surface area contributed by atoms with E-state index in [0.29, 0.717) is 11.8 Å². The molecule has 0 aromatic heterocycles. The third-order valence-corrected chi connectivity index (χ3v) is 6.22. The summed E-state index contributed by atoms with van der Waals surface area (Å²) in [7, 11) is 0. The highest BCUT2D eigenvalue weighted by molar-refractivity contribution is 7.99. The summed E-state index contributed by atoms with van der Waals surface area (Å²) in [5, 5.41) is 3.32. The molecule has 0 bridgehead atoms. The SMILES string of the molecule is C[C@@H]1CCCCN1C[C@@H]1CCCN(C(=O)[C@H]2CSCN2)C1. The molecule has 0 aromatic rings. The van der Waals surface area contributed by atoms with Crippen molar-refractivity contribution in [2.24, 2.45) is 5.92 Å². The second kappa shape index (κ2) is 7.34. The number of nitrogens with zero attached hydrogens (tertiary/aromatic N) is 2. The zero-order valence-electron chi connectivity index (χ0n) is 13.2. The minimum absolute atomic E-state index is 0.0719. The largest absolute Gasteiger partial charge is 0.341 e. The molecule has 5 heteroatoms. The van der Waals surface area contributed by atoms with Crippen LogP contribution in [0.25, 0.3) is 0 Å². The molecule has 0 radical (unpaired) electrons. The molecular formula is C16H29N3OS. The highest BCUT2D eigenvalue weighted by Gasteiger charge is 2.32. The van der Waals surface area contributed by atoms with Crippen molar-refractivity contribution in [1.82, 2.24) is 15.1 Å². The Morgan fingerprint density at radius 2 is 2.14 bits per heavy atom. The van der Waals surface area contributed by atoms with E-state index < -0.39 is 0 Å². The van der Waals surface area contributed by atoms with Crippen LogP contribution in [0.2, 0.25) is 0 Å². The van der Waals surface area contributed by atoms with E-state index in [1.807, 2.05) is 11.8 Å². The number of hydrogen-bond donors (Lipinski definition) is 1. The molecule has 1 N–H and O–H groups in total. The van der Waals surface area contributed by atoms with Crippen LogP contribution in [-0.4, -0.2) is 65.6 Å². The highest BCUT2D eigenvalue weighted by Crippen LogP contribution is 2.24. The molecular weight excluding hydrogens is 282 g/mol. The number of hydrogen-bond acceptors (Lipinski definition) is 4. The number of likely N-dealkylation sites (tertiary alicyclic amines) is 2. The predicted molar refractivity (Wildman–Crippen MR) is 88.4 cm³/mol. The first-order valence-corrected chi connectivity index (χ1v) is 9.73. The van der Waals surface area contributed by atoms with Crippen molar-refractivity contribution in [2.75, 3.05) is 37.8 Å². The van der Waals surface area contributed by atoms with E-state index in [9.17, 15) is 4.79 Å². The van der Waals surface area contributed by atoms with Gasteiger partial charge in [-0.2, -0.15) is 0 Å². The Hall–Kier alpha value is -0.260. The van der Waals surface area contributed by atoms with Crippen LogP contribution in [0.1, 0.15) is 39.0 Å². The molecule has 3 rings (SSSR count). The maximum Gasteiger partial charge on any atom is 0.240 e. The zero-order chi connectivity index (χ0) is 14.7. The summed E-state index contributed by atoms with van der Waals surface area (Å²) in [6, 6.07) is 0.806. The smallest absolute Gasteiger partial charge is 0.240 e. The fourth-order valence-electron chi connectivity index (χ4n) is 3.95. The first kappa shape index (κ1) is 15.6. The highest BCUT2D eigenvalue weighted by atomic mass is 32.2. The number of carbonyl (C=O) groups is 1. The fourth-order valence-corrected chi connectivity index (χ4v) is 4.88. The summed E-state index contributed by atoms with van der Waals surface area (Å²) < 4.78 is 0. The number of amides is 1. The molecule has 0 aliphatic carbocycles. The Bertz CT molecular complexity index is 359. The summed E-state index contributed by atoms with van der Waals surface area (Å²) >= 11 is 1.84. The second-order valence-electron chi connectivity index (χ2n) is 6.90. The molecule has 21 heavy (non-hydrogen) atoms. The Balaban J connectivity index is 1.51. The predicted octanol–water partition coefficient (Wildman–Crippen LogP) is 1.76.